The molecule has 0 unspecified atom stereocenters. The van der Waals surface area contributed by atoms with Crippen LogP contribution < -0.4 is 9.47 Å². The average molecular weight is 495 g/mol. The molecule has 0 aliphatic rings. The predicted molar refractivity (Wildman–Crippen MR) is 146 cm³/mol. The Kier molecular flexibility index (Phi) is 7.29. The zero-order chi connectivity index (χ0) is 26.2. The summed E-state index contributed by atoms with van der Waals surface area (Å²) in [5.74, 6) is 2.81. The van der Waals surface area contributed by atoms with E-state index in [-0.39, 0.29) is 0 Å². The molecule has 6 heteroatoms. The number of benzene rings is 5. The van der Waals surface area contributed by atoms with E-state index < -0.39 is 0 Å². The number of rotatable bonds is 8. The third kappa shape index (κ3) is 5.64. The van der Waals surface area contributed by atoms with E-state index in [2.05, 4.69) is 9.58 Å². The summed E-state index contributed by atoms with van der Waals surface area (Å²) >= 11 is 0. The minimum atomic E-state index is 0.377. The SMILES string of the molecule is [N-]=[N+]=C(c1ccc(Oc2ccccc2)cc1)c1cccc(C(=[N+]=[N-])c2ccc(Oc3ccccc3)cc2)c1. The molecule has 5 rings (SSSR count). The summed E-state index contributed by atoms with van der Waals surface area (Å²) < 4.78 is 11.7. The van der Waals surface area contributed by atoms with Gasteiger partial charge < -0.3 is 20.5 Å². The lowest BCUT2D eigenvalue weighted by Gasteiger charge is -2.06. The van der Waals surface area contributed by atoms with Gasteiger partial charge in [0.05, 0.1) is 22.3 Å². The Labute approximate surface area is 220 Å². The van der Waals surface area contributed by atoms with Gasteiger partial charge in [0.25, 0.3) is 0 Å². The van der Waals surface area contributed by atoms with Crippen LogP contribution in [0.3, 0.4) is 0 Å². The first-order valence-electron chi connectivity index (χ1n) is 11.9. The first-order chi connectivity index (χ1) is 18.7. The highest BCUT2D eigenvalue weighted by Crippen LogP contribution is 2.24. The van der Waals surface area contributed by atoms with Crippen LogP contribution in [0.2, 0.25) is 0 Å². The molecule has 0 atom stereocenters. The molecule has 0 saturated carbocycles. The third-order valence-electron chi connectivity index (χ3n) is 5.82. The summed E-state index contributed by atoms with van der Waals surface area (Å²) in [4.78, 5) is 7.10. The van der Waals surface area contributed by atoms with Crippen molar-refractivity contribution in [3.8, 4) is 23.0 Å². The molecule has 5 aromatic carbocycles. The molecule has 0 radical (unpaired) electrons. The summed E-state index contributed by atoms with van der Waals surface area (Å²) in [6, 6.07) is 40.9. The molecule has 0 fully saturated rings. The van der Waals surface area contributed by atoms with Crippen molar-refractivity contribution in [3.05, 3.63) is 167 Å². The highest BCUT2D eigenvalue weighted by atomic mass is 16.5. The normalized spacial score (nSPS) is 10.1. The molecule has 0 spiro atoms. The first kappa shape index (κ1) is 24.2. The fourth-order valence-electron chi connectivity index (χ4n) is 3.99. The average Bonchev–Trinajstić information content (AvgIpc) is 2.97. The highest BCUT2D eigenvalue weighted by Gasteiger charge is 2.21. The molecule has 0 N–H and O–H groups in total. The van der Waals surface area contributed by atoms with Crippen molar-refractivity contribution in [2.24, 2.45) is 0 Å². The molecule has 0 bridgehead atoms. The maximum Gasteiger partial charge on any atom is 0.329 e. The van der Waals surface area contributed by atoms with Gasteiger partial charge in [0, 0.05) is 0 Å². The van der Waals surface area contributed by atoms with E-state index in [1.807, 2.05) is 133 Å². The molecule has 0 aliphatic carbocycles. The Balaban J connectivity index is 1.36. The maximum absolute atomic E-state index is 9.86. The van der Waals surface area contributed by atoms with Gasteiger partial charge in [-0.25, -0.2) is 0 Å². The van der Waals surface area contributed by atoms with Gasteiger partial charge in [0.15, 0.2) is 0 Å². The van der Waals surface area contributed by atoms with Crippen LogP contribution in [-0.2, 0) is 0 Å². The van der Waals surface area contributed by atoms with Gasteiger partial charge in [-0.15, -0.1) is 0 Å². The molecule has 0 amide bonds. The van der Waals surface area contributed by atoms with Crippen molar-refractivity contribution in [2.45, 2.75) is 0 Å². The third-order valence-corrected chi connectivity index (χ3v) is 5.82. The largest absolute Gasteiger partial charge is 0.457 e. The lowest BCUT2D eigenvalue weighted by molar-refractivity contribution is -0.00289. The van der Waals surface area contributed by atoms with Crippen LogP contribution in [0.15, 0.2) is 133 Å². The fourth-order valence-corrected chi connectivity index (χ4v) is 3.99. The Bertz CT molecular complexity index is 1510. The lowest BCUT2D eigenvalue weighted by Crippen LogP contribution is -2.09. The number of para-hydroxylation sites is 2. The smallest absolute Gasteiger partial charge is 0.329 e. The van der Waals surface area contributed by atoms with E-state index in [9.17, 15) is 11.1 Å². The van der Waals surface area contributed by atoms with Crippen molar-refractivity contribution in [3.63, 3.8) is 0 Å². The van der Waals surface area contributed by atoms with E-state index in [4.69, 9.17) is 9.47 Å². The molecule has 182 valence electrons. The second-order valence-electron chi connectivity index (χ2n) is 8.36. The van der Waals surface area contributed by atoms with E-state index in [0.29, 0.717) is 45.2 Å². The van der Waals surface area contributed by atoms with E-state index in [1.165, 1.54) is 0 Å². The van der Waals surface area contributed by atoms with Gasteiger partial charge in [-0.2, -0.15) is 9.58 Å². The minimum Gasteiger partial charge on any atom is -0.457 e. The van der Waals surface area contributed by atoms with Crippen LogP contribution in [-0.4, -0.2) is 21.0 Å². The highest BCUT2D eigenvalue weighted by molar-refractivity contribution is 6.13. The van der Waals surface area contributed by atoms with Crippen LogP contribution >= 0.6 is 0 Å². The number of nitrogens with zero attached hydrogens (tertiary/aromatic N) is 4. The molecule has 0 saturated heterocycles. The van der Waals surface area contributed by atoms with Crippen molar-refractivity contribution in [1.29, 1.82) is 0 Å². The van der Waals surface area contributed by atoms with Crippen LogP contribution in [0.4, 0.5) is 0 Å². The van der Waals surface area contributed by atoms with Gasteiger partial charge in [-0.1, -0.05) is 42.5 Å². The van der Waals surface area contributed by atoms with Gasteiger partial charge in [0.2, 0.25) is 0 Å². The molecule has 0 aromatic heterocycles. The van der Waals surface area contributed by atoms with Crippen LogP contribution in [0.25, 0.3) is 11.1 Å². The van der Waals surface area contributed by atoms with E-state index >= 15 is 0 Å². The topological polar surface area (TPSA) is 91.3 Å². The first-order valence-corrected chi connectivity index (χ1v) is 11.9. The van der Waals surface area contributed by atoms with Crippen LogP contribution in [0.5, 0.6) is 23.0 Å². The summed E-state index contributed by atoms with van der Waals surface area (Å²) in [6.07, 6.45) is 0. The lowest BCUT2D eigenvalue weighted by atomic mass is 9.96. The second-order valence-corrected chi connectivity index (χ2v) is 8.36. The molecule has 6 nitrogen and oxygen atoms in total. The van der Waals surface area contributed by atoms with Gasteiger partial charge in [-0.05, 0) is 91.0 Å². The summed E-state index contributed by atoms with van der Waals surface area (Å²) in [5.41, 5.74) is 23.2. The molecular formula is C32H22N4O2. The summed E-state index contributed by atoms with van der Waals surface area (Å²) in [5, 5.41) is 0. The van der Waals surface area contributed by atoms with E-state index in [0.717, 1.165) is 11.5 Å². The van der Waals surface area contributed by atoms with Gasteiger partial charge in [-0.3, -0.25) is 0 Å². The molecule has 0 aliphatic heterocycles. The van der Waals surface area contributed by atoms with Gasteiger partial charge >= 0.3 is 11.4 Å². The monoisotopic (exact) mass is 494 g/mol. The molecule has 5 aromatic rings. The number of hydrogen-bond donors (Lipinski definition) is 0. The summed E-state index contributed by atoms with van der Waals surface area (Å²) in [6.45, 7) is 0. The van der Waals surface area contributed by atoms with Crippen molar-refractivity contribution < 1.29 is 19.1 Å². The van der Waals surface area contributed by atoms with Crippen molar-refractivity contribution >= 4 is 11.4 Å². The van der Waals surface area contributed by atoms with Crippen molar-refractivity contribution in [2.75, 3.05) is 0 Å². The Morgan fingerprint density at radius 2 is 0.763 bits per heavy atom. The predicted octanol–water partition coefficient (Wildman–Crippen LogP) is 7.41. The molecule has 0 heterocycles. The zero-order valence-electron chi connectivity index (χ0n) is 20.3. The minimum absolute atomic E-state index is 0.377. The quantitative estimate of drug-likeness (QED) is 0.128. The van der Waals surface area contributed by atoms with Gasteiger partial charge in [0.1, 0.15) is 23.0 Å². The summed E-state index contributed by atoms with van der Waals surface area (Å²) in [7, 11) is 0. The van der Waals surface area contributed by atoms with Crippen LogP contribution in [0, 0.1) is 0 Å². The number of hydrogen-bond acceptors (Lipinski definition) is 2. The maximum atomic E-state index is 9.86. The fraction of sp³-hybridized carbons (Fsp3) is 0. The second kappa shape index (κ2) is 11.5. The zero-order valence-corrected chi connectivity index (χ0v) is 20.3. The molecule has 38 heavy (non-hydrogen) atoms. The van der Waals surface area contributed by atoms with Crippen LogP contribution in [0.1, 0.15) is 22.3 Å². The van der Waals surface area contributed by atoms with Crippen molar-refractivity contribution in [1.82, 2.24) is 0 Å². The Hall–Kier alpha value is -5.54. The molecular weight excluding hydrogens is 472 g/mol. The Morgan fingerprint density at radius 1 is 0.395 bits per heavy atom. The number of ether oxygens (including phenoxy) is 2. The van der Waals surface area contributed by atoms with E-state index in [1.54, 1.807) is 0 Å². The standard InChI is InChI=1S/C32H22N4O2/c33-35-31(23-14-18-29(19-15-23)37-27-10-3-1-4-11-27)25-8-7-9-26(22-25)32(36-34)24-16-20-30(21-17-24)38-28-12-5-2-6-13-28/h1-22H. The Morgan fingerprint density at radius 3 is 1.13 bits per heavy atom.